The van der Waals surface area contributed by atoms with Crippen LogP contribution in [0.15, 0.2) is 46.2 Å². The maximum Gasteiger partial charge on any atom is 0.137 e. The van der Waals surface area contributed by atoms with Crippen LogP contribution >= 0.6 is 11.8 Å². The van der Waals surface area contributed by atoms with E-state index in [4.69, 9.17) is 0 Å². The molecule has 0 aliphatic rings. The highest BCUT2D eigenvalue weighted by Crippen LogP contribution is 2.36. The largest absolute Gasteiger partial charge is 0.389 e. The van der Waals surface area contributed by atoms with Gasteiger partial charge in [0.05, 0.1) is 6.10 Å². The van der Waals surface area contributed by atoms with Gasteiger partial charge in [-0.05, 0) is 49.2 Å². The lowest BCUT2D eigenvalue weighted by atomic mass is 10.1. The molecule has 0 amide bonds. The van der Waals surface area contributed by atoms with E-state index in [0.717, 1.165) is 0 Å². The molecular weight excluding hydrogens is 266 g/mol. The number of hydrogen-bond donors (Lipinski definition) is 1. The van der Waals surface area contributed by atoms with Crippen LogP contribution in [0.1, 0.15) is 24.2 Å². The number of aliphatic hydroxyl groups excluding tert-OH is 1. The fraction of sp³-hybridized carbons (Fsp3) is 0.200. The van der Waals surface area contributed by atoms with Crippen molar-refractivity contribution in [2.45, 2.75) is 29.7 Å². The van der Waals surface area contributed by atoms with Crippen molar-refractivity contribution in [1.29, 1.82) is 0 Å². The fourth-order valence-electron chi connectivity index (χ4n) is 1.73. The summed E-state index contributed by atoms with van der Waals surface area (Å²) in [6.07, 6.45) is -0.802. The molecule has 1 N–H and O–H groups in total. The molecule has 1 atom stereocenters. The van der Waals surface area contributed by atoms with Crippen molar-refractivity contribution < 1.29 is 13.9 Å². The first-order chi connectivity index (χ1) is 8.99. The lowest BCUT2D eigenvalue weighted by molar-refractivity contribution is 0.196. The molecule has 0 saturated heterocycles. The van der Waals surface area contributed by atoms with Gasteiger partial charge < -0.3 is 5.11 Å². The first-order valence-electron chi connectivity index (χ1n) is 5.89. The van der Waals surface area contributed by atoms with E-state index in [1.807, 2.05) is 0 Å². The van der Waals surface area contributed by atoms with E-state index in [-0.39, 0.29) is 11.6 Å². The zero-order chi connectivity index (χ0) is 14.0. The summed E-state index contributed by atoms with van der Waals surface area (Å²) >= 11 is 1.19. The summed E-state index contributed by atoms with van der Waals surface area (Å²) in [6, 6.07) is 9.33. The van der Waals surface area contributed by atoms with Crippen molar-refractivity contribution in [3.63, 3.8) is 0 Å². The van der Waals surface area contributed by atoms with Crippen LogP contribution in [0, 0.1) is 18.6 Å². The van der Waals surface area contributed by atoms with Gasteiger partial charge in [0.25, 0.3) is 0 Å². The van der Waals surface area contributed by atoms with E-state index in [9.17, 15) is 13.9 Å². The van der Waals surface area contributed by atoms with Crippen molar-refractivity contribution in [2.75, 3.05) is 0 Å². The van der Waals surface area contributed by atoms with Gasteiger partial charge in [-0.2, -0.15) is 0 Å². The van der Waals surface area contributed by atoms with Crippen LogP contribution in [0.2, 0.25) is 0 Å². The predicted molar refractivity (Wildman–Crippen MR) is 72.3 cm³/mol. The van der Waals surface area contributed by atoms with Crippen LogP contribution in [-0.4, -0.2) is 5.11 Å². The first-order valence-corrected chi connectivity index (χ1v) is 6.71. The number of halogens is 2. The number of benzene rings is 2. The van der Waals surface area contributed by atoms with Gasteiger partial charge in [-0.1, -0.05) is 23.9 Å². The number of aryl methyl sites for hydroxylation is 1. The van der Waals surface area contributed by atoms with Crippen LogP contribution in [-0.2, 0) is 0 Å². The molecule has 4 heteroatoms. The lowest BCUT2D eigenvalue weighted by Crippen LogP contribution is -1.97. The predicted octanol–water partition coefficient (Wildman–Crippen LogP) is 4.48. The molecule has 2 aromatic carbocycles. The number of aliphatic hydroxyl groups is 1. The second-order valence-electron chi connectivity index (χ2n) is 4.35. The second kappa shape index (κ2) is 5.72. The smallest absolute Gasteiger partial charge is 0.137 e. The molecule has 0 heterocycles. The summed E-state index contributed by atoms with van der Waals surface area (Å²) in [5.41, 5.74) is 0.944. The summed E-state index contributed by atoms with van der Waals surface area (Å²) in [7, 11) is 0. The van der Waals surface area contributed by atoms with Gasteiger partial charge >= 0.3 is 0 Å². The number of rotatable bonds is 3. The van der Waals surface area contributed by atoms with Gasteiger partial charge in [-0.15, -0.1) is 0 Å². The molecule has 0 aromatic heterocycles. The van der Waals surface area contributed by atoms with Crippen molar-refractivity contribution in [3.05, 3.63) is 59.2 Å². The minimum Gasteiger partial charge on any atom is -0.389 e. The Labute approximate surface area is 115 Å². The Balaban J connectivity index is 2.45. The normalized spacial score (nSPS) is 12.5. The summed E-state index contributed by atoms with van der Waals surface area (Å²) in [6.45, 7) is 3.21. The van der Waals surface area contributed by atoms with Gasteiger partial charge in [0.1, 0.15) is 11.6 Å². The van der Waals surface area contributed by atoms with Crippen LogP contribution in [0.25, 0.3) is 0 Å². The van der Waals surface area contributed by atoms with Gasteiger partial charge in [0.15, 0.2) is 0 Å². The lowest BCUT2D eigenvalue weighted by Gasteiger charge is -2.13. The Morgan fingerprint density at radius 3 is 2.37 bits per heavy atom. The summed E-state index contributed by atoms with van der Waals surface area (Å²) < 4.78 is 27.2. The average Bonchev–Trinajstić information content (AvgIpc) is 2.36. The van der Waals surface area contributed by atoms with Gasteiger partial charge in [0, 0.05) is 9.79 Å². The zero-order valence-corrected chi connectivity index (χ0v) is 11.5. The van der Waals surface area contributed by atoms with Gasteiger partial charge in [-0.25, -0.2) is 8.78 Å². The molecule has 0 fully saturated rings. The molecule has 19 heavy (non-hydrogen) atoms. The van der Waals surface area contributed by atoms with E-state index in [1.54, 1.807) is 38.1 Å². The molecule has 0 unspecified atom stereocenters. The van der Waals surface area contributed by atoms with Crippen LogP contribution in [0.5, 0.6) is 0 Å². The molecule has 0 aliphatic carbocycles. The molecular formula is C15H14F2OS. The third-order valence-corrected chi connectivity index (χ3v) is 3.92. The third-order valence-electron chi connectivity index (χ3n) is 2.80. The second-order valence-corrected chi connectivity index (χ2v) is 5.43. The van der Waals surface area contributed by atoms with Crippen molar-refractivity contribution in [1.82, 2.24) is 0 Å². The summed E-state index contributed by atoms with van der Waals surface area (Å²) in [4.78, 5) is 1.12. The molecule has 0 saturated carbocycles. The topological polar surface area (TPSA) is 20.2 Å². The molecule has 0 aliphatic heterocycles. The fourth-order valence-corrected chi connectivity index (χ4v) is 2.86. The summed E-state index contributed by atoms with van der Waals surface area (Å²) in [5, 5.41) is 9.69. The molecule has 0 spiro atoms. The molecule has 2 aromatic rings. The Morgan fingerprint density at radius 2 is 1.74 bits per heavy atom. The maximum absolute atomic E-state index is 13.6. The van der Waals surface area contributed by atoms with Gasteiger partial charge in [-0.3, -0.25) is 0 Å². The molecule has 1 nitrogen and oxygen atoms in total. The zero-order valence-electron chi connectivity index (χ0n) is 10.7. The quantitative estimate of drug-likeness (QED) is 0.894. The van der Waals surface area contributed by atoms with Crippen LogP contribution in [0.3, 0.4) is 0 Å². The molecule has 100 valence electrons. The van der Waals surface area contributed by atoms with Crippen molar-refractivity contribution in [2.24, 2.45) is 0 Å². The van der Waals surface area contributed by atoms with E-state index < -0.39 is 6.10 Å². The van der Waals surface area contributed by atoms with E-state index in [2.05, 4.69) is 0 Å². The molecule has 0 radical (unpaired) electrons. The Kier molecular flexibility index (Phi) is 4.22. The maximum atomic E-state index is 13.6. The standard InChI is InChI=1S/C15H14F2OS/c1-9-7-15(11(10(2)18)8-13(9)17)19-14-6-4-3-5-12(14)16/h3-8,10,18H,1-2H3/t10-/m1/s1. The van der Waals surface area contributed by atoms with Crippen molar-refractivity contribution in [3.8, 4) is 0 Å². The van der Waals surface area contributed by atoms with Crippen LogP contribution < -0.4 is 0 Å². The van der Waals surface area contributed by atoms with E-state index >= 15 is 0 Å². The molecule has 0 bridgehead atoms. The van der Waals surface area contributed by atoms with E-state index in [1.165, 1.54) is 23.9 Å². The highest BCUT2D eigenvalue weighted by molar-refractivity contribution is 7.99. The molecule has 2 rings (SSSR count). The third kappa shape index (κ3) is 3.14. The Bertz CT molecular complexity index is 597. The van der Waals surface area contributed by atoms with Crippen LogP contribution in [0.4, 0.5) is 8.78 Å². The highest BCUT2D eigenvalue weighted by atomic mass is 32.2. The monoisotopic (exact) mass is 280 g/mol. The first kappa shape index (κ1) is 14.0. The minimum atomic E-state index is -0.802. The van der Waals surface area contributed by atoms with Crippen molar-refractivity contribution >= 4 is 11.8 Å². The minimum absolute atomic E-state index is 0.328. The Hall–Kier alpha value is -1.39. The van der Waals surface area contributed by atoms with E-state index in [0.29, 0.717) is 20.9 Å². The highest BCUT2D eigenvalue weighted by Gasteiger charge is 2.14. The Morgan fingerprint density at radius 1 is 1.05 bits per heavy atom. The average molecular weight is 280 g/mol. The summed E-state index contributed by atoms with van der Waals surface area (Å²) in [5.74, 6) is -0.695. The van der Waals surface area contributed by atoms with Gasteiger partial charge in [0.2, 0.25) is 0 Å². The SMILES string of the molecule is Cc1cc(Sc2ccccc2F)c([C@@H](C)O)cc1F. The number of hydrogen-bond acceptors (Lipinski definition) is 2.